The van der Waals surface area contributed by atoms with Crippen LogP contribution in [0.25, 0.3) is 0 Å². The van der Waals surface area contributed by atoms with Crippen molar-refractivity contribution in [1.29, 1.82) is 0 Å². The summed E-state index contributed by atoms with van der Waals surface area (Å²) in [5.74, 6) is 3.69. The summed E-state index contributed by atoms with van der Waals surface area (Å²) in [7, 11) is 0. The zero-order valence-electron chi connectivity index (χ0n) is 9.30. The van der Waals surface area contributed by atoms with Crippen LogP contribution in [0.2, 0.25) is 0 Å². The van der Waals surface area contributed by atoms with E-state index in [0.29, 0.717) is 0 Å². The summed E-state index contributed by atoms with van der Waals surface area (Å²) in [5, 5.41) is 3.85. The summed E-state index contributed by atoms with van der Waals surface area (Å²) in [4.78, 5) is 0. The molecule has 0 bridgehead atoms. The summed E-state index contributed by atoms with van der Waals surface area (Å²) < 4.78 is 0. The average Bonchev–Trinajstić information content (AvgIpc) is 2.30. The van der Waals surface area contributed by atoms with Gasteiger partial charge in [0.25, 0.3) is 0 Å². The Morgan fingerprint density at radius 2 is 1.93 bits per heavy atom. The number of thioether (sulfide) groups is 1. The molecule has 1 heterocycles. The maximum atomic E-state index is 3.85. The maximum absolute atomic E-state index is 3.85. The summed E-state index contributed by atoms with van der Waals surface area (Å²) in [6.07, 6.45) is 8.70. The lowest BCUT2D eigenvalue weighted by Crippen LogP contribution is -2.49. The molecule has 1 aliphatic heterocycles. The van der Waals surface area contributed by atoms with Crippen LogP contribution in [0.3, 0.4) is 0 Å². The van der Waals surface area contributed by atoms with Crippen LogP contribution in [0, 0.1) is 5.92 Å². The van der Waals surface area contributed by atoms with Gasteiger partial charge in [0.15, 0.2) is 0 Å². The molecule has 2 heteroatoms. The highest BCUT2D eigenvalue weighted by Gasteiger charge is 2.28. The first-order valence-electron chi connectivity index (χ1n) is 6.24. The Hall–Kier alpha value is 0.310. The molecule has 2 aliphatic rings. The van der Waals surface area contributed by atoms with Gasteiger partial charge in [-0.05, 0) is 25.2 Å². The van der Waals surface area contributed by atoms with Crippen LogP contribution in [0.1, 0.15) is 45.4 Å². The Kier molecular flexibility index (Phi) is 4.18. The van der Waals surface area contributed by atoms with Crippen LogP contribution in [-0.4, -0.2) is 23.6 Å². The van der Waals surface area contributed by atoms with Gasteiger partial charge < -0.3 is 5.32 Å². The number of rotatable bonds is 2. The van der Waals surface area contributed by atoms with E-state index in [9.17, 15) is 0 Å². The Balaban J connectivity index is 1.83. The highest BCUT2D eigenvalue weighted by Crippen LogP contribution is 2.30. The van der Waals surface area contributed by atoms with Crippen molar-refractivity contribution in [2.75, 3.05) is 11.5 Å². The molecule has 0 spiro atoms. The van der Waals surface area contributed by atoms with E-state index in [1.807, 2.05) is 0 Å². The Morgan fingerprint density at radius 3 is 2.64 bits per heavy atom. The summed E-state index contributed by atoms with van der Waals surface area (Å²) in [6.45, 7) is 2.31. The van der Waals surface area contributed by atoms with Gasteiger partial charge in [-0.3, -0.25) is 0 Å². The molecular formula is C12H23NS. The third kappa shape index (κ3) is 2.66. The van der Waals surface area contributed by atoms with Gasteiger partial charge in [-0.1, -0.05) is 26.2 Å². The molecule has 2 unspecified atom stereocenters. The Bertz CT molecular complexity index is 166. The van der Waals surface area contributed by atoms with Gasteiger partial charge in [-0.2, -0.15) is 11.8 Å². The second kappa shape index (κ2) is 5.41. The standard InChI is InChI=1S/C12H23NS/c1-2-11-8-14-9-12(13-11)10-6-4-3-5-7-10/h10-13H,2-9H2,1H3. The van der Waals surface area contributed by atoms with Crippen LogP contribution in [-0.2, 0) is 0 Å². The average molecular weight is 213 g/mol. The van der Waals surface area contributed by atoms with Gasteiger partial charge in [-0.25, -0.2) is 0 Å². The smallest absolute Gasteiger partial charge is 0.0189 e. The van der Waals surface area contributed by atoms with Crippen molar-refractivity contribution in [1.82, 2.24) is 5.32 Å². The van der Waals surface area contributed by atoms with E-state index in [4.69, 9.17) is 0 Å². The van der Waals surface area contributed by atoms with Crippen molar-refractivity contribution in [3.05, 3.63) is 0 Å². The first-order chi connectivity index (χ1) is 6.90. The van der Waals surface area contributed by atoms with Gasteiger partial charge in [-0.15, -0.1) is 0 Å². The van der Waals surface area contributed by atoms with Gasteiger partial charge in [0.05, 0.1) is 0 Å². The quantitative estimate of drug-likeness (QED) is 0.756. The fourth-order valence-corrected chi connectivity index (χ4v) is 4.16. The molecule has 1 saturated heterocycles. The van der Waals surface area contributed by atoms with Gasteiger partial charge in [0, 0.05) is 23.6 Å². The van der Waals surface area contributed by atoms with Crippen molar-refractivity contribution >= 4 is 11.8 Å². The molecule has 1 nitrogen and oxygen atoms in total. The molecule has 0 aromatic heterocycles. The van der Waals surface area contributed by atoms with E-state index < -0.39 is 0 Å². The Morgan fingerprint density at radius 1 is 1.14 bits per heavy atom. The summed E-state index contributed by atoms with van der Waals surface area (Å²) in [6, 6.07) is 1.62. The molecule has 1 N–H and O–H groups in total. The predicted octanol–water partition coefficient (Wildman–Crippen LogP) is 3.05. The maximum Gasteiger partial charge on any atom is 0.0189 e. The molecule has 0 aromatic carbocycles. The molecule has 1 saturated carbocycles. The zero-order valence-corrected chi connectivity index (χ0v) is 10.1. The number of hydrogen-bond acceptors (Lipinski definition) is 2. The monoisotopic (exact) mass is 213 g/mol. The minimum Gasteiger partial charge on any atom is -0.309 e. The first kappa shape index (κ1) is 10.8. The highest BCUT2D eigenvalue weighted by molar-refractivity contribution is 7.99. The Labute approximate surface area is 92.4 Å². The van der Waals surface area contributed by atoms with Crippen molar-refractivity contribution < 1.29 is 0 Å². The van der Waals surface area contributed by atoms with Crippen molar-refractivity contribution in [2.24, 2.45) is 5.92 Å². The van der Waals surface area contributed by atoms with Crippen LogP contribution in [0.5, 0.6) is 0 Å². The molecule has 2 fully saturated rings. The summed E-state index contributed by atoms with van der Waals surface area (Å²) >= 11 is 2.17. The fourth-order valence-electron chi connectivity index (χ4n) is 2.78. The number of hydrogen-bond donors (Lipinski definition) is 1. The minimum atomic E-state index is 0.792. The number of nitrogens with one attached hydrogen (secondary N) is 1. The topological polar surface area (TPSA) is 12.0 Å². The summed E-state index contributed by atoms with van der Waals surface area (Å²) in [5.41, 5.74) is 0. The molecule has 0 amide bonds. The van der Waals surface area contributed by atoms with Gasteiger partial charge >= 0.3 is 0 Å². The largest absolute Gasteiger partial charge is 0.309 e. The SMILES string of the molecule is CCC1CSCC(C2CCCCC2)N1. The third-order valence-corrected chi connectivity index (χ3v) is 5.01. The second-order valence-corrected chi connectivity index (χ2v) is 5.89. The molecule has 1 aliphatic carbocycles. The van der Waals surface area contributed by atoms with E-state index in [0.717, 1.165) is 18.0 Å². The molecule has 14 heavy (non-hydrogen) atoms. The van der Waals surface area contributed by atoms with Crippen molar-refractivity contribution in [3.8, 4) is 0 Å². The third-order valence-electron chi connectivity index (χ3n) is 3.78. The van der Waals surface area contributed by atoms with E-state index in [-0.39, 0.29) is 0 Å². The lowest BCUT2D eigenvalue weighted by atomic mass is 9.84. The molecular weight excluding hydrogens is 190 g/mol. The molecule has 82 valence electrons. The first-order valence-corrected chi connectivity index (χ1v) is 7.39. The lowest BCUT2D eigenvalue weighted by Gasteiger charge is -2.37. The van der Waals surface area contributed by atoms with Crippen LogP contribution in [0.4, 0.5) is 0 Å². The van der Waals surface area contributed by atoms with E-state index in [1.54, 1.807) is 0 Å². The minimum absolute atomic E-state index is 0.792. The van der Waals surface area contributed by atoms with Gasteiger partial charge in [0.2, 0.25) is 0 Å². The lowest BCUT2D eigenvalue weighted by molar-refractivity contribution is 0.265. The van der Waals surface area contributed by atoms with E-state index in [2.05, 4.69) is 24.0 Å². The fraction of sp³-hybridized carbons (Fsp3) is 1.00. The molecule has 2 atom stereocenters. The molecule has 0 aromatic rings. The van der Waals surface area contributed by atoms with Crippen molar-refractivity contribution in [3.63, 3.8) is 0 Å². The normalized spacial score (nSPS) is 35.8. The van der Waals surface area contributed by atoms with E-state index >= 15 is 0 Å². The van der Waals surface area contributed by atoms with Crippen LogP contribution >= 0.6 is 11.8 Å². The van der Waals surface area contributed by atoms with Crippen molar-refractivity contribution in [2.45, 2.75) is 57.5 Å². The zero-order chi connectivity index (χ0) is 9.80. The van der Waals surface area contributed by atoms with Gasteiger partial charge in [0.1, 0.15) is 0 Å². The highest BCUT2D eigenvalue weighted by atomic mass is 32.2. The predicted molar refractivity (Wildman–Crippen MR) is 64.9 cm³/mol. The molecule has 0 radical (unpaired) electrons. The molecule has 2 rings (SSSR count). The second-order valence-electron chi connectivity index (χ2n) is 4.81. The van der Waals surface area contributed by atoms with Crippen LogP contribution in [0.15, 0.2) is 0 Å². The van der Waals surface area contributed by atoms with Crippen LogP contribution < -0.4 is 5.32 Å². The van der Waals surface area contributed by atoms with E-state index in [1.165, 1.54) is 50.0 Å².